The molecule has 1 heterocycles. The zero-order valence-electron chi connectivity index (χ0n) is 14.7. The highest BCUT2D eigenvalue weighted by Crippen LogP contribution is 2.22. The number of hydrogen-bond acceptors (Lipinski definition) is 4. The van der Waals surface area contributed by atoms with Gasteiger partial charge in [0.15, 0.2) is 9.84 Å². The van der Waals surface area contributed by atoms with Crippen molar-refractivity contribution in [3.05, 3.63) is 65.2 Å². The Kier molecular flexibility index (Phi) is 5.21. The van der Waals surface area contributed by atoms with Crippen LogP contribution in [0.15, 0.2) is 53.4 Å². The number of hydrogen-bond donors (Lipinski definition) is 1. The Balaban J connectivity index is 1.73. The van der Waals surface area contributed by atoms with Gasteiger partial charge in [0.2, 0.25) is 0 Å². The van der Waals surface area contributed by atoms with Crippen LogP contribution in [-0.4, -0.2) is 33.9 Å². The average Bonchev–Trinajstić information content (AvgIpc) is 2.60. The lowest BCUT2D eigenvalue weighted by atomic mass is 10.0. The van der Waals surface area contributed by atoms with E-state index in [1.54, 1.807) is 19.1 Å². The van der Waals surface area contributed by atoms with Crippen molar-refractivity contribution in [1.82, 2.24) is 9.03 Å². The van der Waals surface area contributed by atoms with Crippen molar-refractivity contribution in [3.8, 4) is 0 Å². The smallest absolute Gasteiger partial charge is 0.224 e. The van der Waals surface area contributed by atoms with Crippen molar-refractivity contribution in [3.63, 3.8) is 0 Å². The predicted molar refractivity (Wildman–Crippen MR) is 101 cm³/mol. The van der Waals surface area contributed by atoms with E-state index in [1.807, 2.05) is 24.3 Å². The Hall–Kier alpha value is -1.74. The first-order valence-corrected chi connectivity index (χ1v) is 11.6. The van der Waals surface area contributed by atoms with Crippen LogP contribution in [0.4, 0.5) is 0 Å². The van der Waals surface area contributed by atoms with Crippen molar-refractivity contribution in [2.24, 2.45) is 0 Å². The molecule has 1 atom stereocenters. The molecular weight excluding hydrogens is 372 g/mol. The first-order chi connectivity index (χ1) is 12.2. The molecule has 1 N–H and O–H groups in total. The van der Waals surface area contributed by atoms with Gasteiger partial charge in [-0.2, -0.15) is 17.4 Å². The second-order valence-electron chi connectivity index (χ2n) is 6.54. The summed E-state index contributed by atoms with van der Waals surface area (Å²) in [4.78, 5) is 0.212. The van der Waals surface area contributed by atoms with Crippen LogP contribution in [0.1, 0.15) is 29.7 Å². The largest absolute Gasteiger partial charge is 0.280 e. The van der Waals surface area contributed by atoms with E-state index in [0.717, 1.165) is 11.8 Å². The van der Waals surface area contributed by atoms with Crippen LogP contribution in [0.2, 0.25) is 0 Å². The zero-order chi connectivity index (χ0) is 18.9. The van der Waals surface area contributed by atoms with Gasteiger partial charge in [-0.3, -0.25) is 0 Å². The lowest BCUT2D eigenvalue weighted by Gasteiger charge is -2.29. The monoisotopic (exact) mass is 394 g/mol. The summed E-state index contributed by atoms with van der Waals surface area (Å²) < 4.78 is 52.6. The van der Waals surface area contributed by atoms with Gasteiger partial charge >= 0.3 is 0 Å². The average molecular weight is 395 g/mol. The summed E-state index contributed by atoms with van der Waals surface area (Å²) in [5.74, 6) is 0. The van der Waals surface area contributed by atoms with Crippen molar-refractivity contribution in [2.75, 3.05) is 12.8 Å². The number of sulfone groups is 1. The van der Waals surface area contributed by atoms with E-state index < -0.39 is 26.1 Å². The van der Waals surface area contributed by atoms with Crippen LogP contribution < -0.4 is 4.72 Å². The highest BCUT2D eigenvalue weighted by Gasteiger charge is 2.28. The number of nitrogens with zero attached hydrogens (tertiary/aromatic N) is 1. The Morgan fingerprint density at radius 2 is 1.58 bits per heavy atom. The van der Waals surface area contributed by atoms with Crippen LogP contribution >= 0.6 is 0 Å². The molecule has 1 unspecified atom stereocenters. The minimum atomic E-state index is -3.65. The number of benzene rings is 2. The fraction of sp³-hybridized carbons (Fsp3) is 0.333. The molecule has 6 nitrogen and oxygen atoms in total. The summed E-state index contributed by atoms with van der Waals surface area (Å²) in [5, 5.41) is 0. The van der Waals surface area contributed by atoms with E-state index in [9.17, 15) is 16.8 Å². The molecule has 140 valence electrons. The third kappa shape index (κ3) is 4.15. The minimum absolute atomic E-state index is 0.212. The molecule has 0 aliphatic carbocycles. The van der Waals surface area contributed by atoms with Crippen molar-refractivity contribution < 1.29 is 16.8 Å². The van der Waals surface area contributed by atoms with E-state index >= 15 is 0 Å². The van der Waals surface area contributed by atoms with E-state index in [2.05, 4.69) is 4.72 Å². The minimum Gasteiger partial charge on any atom is -0.224 e. The molecule has 0 fully saturated rings. The highest BCUT2D eigenvalue weighted by molar-refractivity contribution is 7.90. The summed E-state index contributed by atoms with van der Waals surface area (Å²) in [7, 11) is -6.92. The summed E-state index contributed by atoms with van der Waals surface area (Å²) in [5.41, 5.74) is 2.91. The Morgan fingerprint density at radius 1 is 0.962 bits per heavy atom. The maximum Gasteiger partial charge on any atom is 0.280 e. The topological polar surface area (TPSA) is 83.6 Å². The van der Waals surface area contributed by atoms with Gasteiger partial charge in [-0.1, -0.05) is 36.4 Å². The van der Waals surface area contributed by atoms with Gasteiger partial charge < -0.3 is 0 Å². The quantitative estimate of drug-likeness (QED) is 0.841. The Morgan fingerprint density at radius 3 is 2.19 bits per heavy atom. The van der Waals surface area contributed by atoms with Gasteiger partial charge in [-0.15, -0.1) is 0 Å². The van der Waals surface area contributed by atoms with E-state index in [4.69, 9.17) is 0 Å². The van der Waals surface area contributed by atoms with Crippen LogP contribution in [0.5, 0.6) is 0 Å². The molecule has 0 aromatic heterocycles. The Labute approximate surface area is 155 Å². The van der Waals surface area contributed by atoms with Crippen molar-refractivity contribution in [1.29, 1.82) is 0 Å². The molecule has 3 rings (SSSR count). The summed E-state index contributed by atoms with van der Waals surface area (Å²) in [6, 6.07) is 13.6. The van der Waals surface area contributed by atoms with Gasteiger partial charge in [0.05, 0.1) is 4.90 Å². The summed E-state index contributed by atoms with van der Waals surface area (Å²) >= 11 is 0. The molecule has 1 aliphatic rings. The SMILES string of the molecule is CC(NS(=O)(=O)N1CCc2ccccc2C1)c1ccc(S(C)(=O)=O)cc1. The number of nitrogens with one attached hydrogen (secondary N) is 1. The summed E-state index contributed by atoms with van der Waals surface area (Å²) in [6.07, 6.45) is 1.83. The van der Waals surface area contributed by atoms with E-state index in [0.29, 0.717) is 25.1 Å². The Bertz CT molecular complexity index is 1000. The maximum atomic E-state index is 12.7. The molecule has 2 aromatic rings. The first-order valence-electron chi connectivity index (χ1n) is 8.31. The van der Waals surface area contributed by atoms with Crippen LogP contribution in [-0.2, 0) is 33.0 Å². The normalized spacial score (nSPS) is 16.8. The molecular formula is C18H22N2O4S2. The van der Waals surface area contributed by atoms with Gasteiger partial charge in [0.25, 0.3) is 10.2 Å². The van der Waals surface area contributed by atoms with E-state index in [1.165, 1.54) is 22.0 Å². The molecule has 26 heavy (non-hydrogen) atoms. The standard InChI is InChI=1S/C18H22N2O4S2/c1-14(15-7-9-18(10-8-15)25(2,21)22)19-26(23,24)20-12-11-16-5-3-4-6-17(16)13-20/h3-10,14,19H,11-13H2,1-2H3. The maximum absolute atomic E-state index is 12.7. The van der Waals surface area contributed by atoms with Crippen LogP contribution in [0.25, 0.3) is 0 Å². The molecule has 8 heteroatoms. The first kappa shape index (κ1) is 19.0. The third-order valence-electron chi connectivity index (χ3n) is 4.57. The molecule has 0 bridgehead atoms. The molecule has 0 radical (unpaired) electrons. The zero-order valence-corrected chi connectivity index (χ0v) is 16.3. The second kappa shape index (κ2) is 7.11. The number of rotatable bonds is 5. The van der Waals surface area contributed by atoms with Gasteiger partial charge in [-0.25, -0.2) is 8.42 Å². The molecule has 0 saturated heterocycles. The second-order valence-corrected chi connectivity index (χ2v) is 10.3. The molecule has 2 aromatic carbocycles. The summed E-state index contributed by atoms with van der Waals surface area (Å²) in [6.45, 7) is 2.53. The molecule has 1 aliphatic heterocycles. The lowest BCUT2D eigenvalue weighted by Crippen LogP contribution is -2.44. The third-order valence-corrected chi connectivity index (χ3v) is 7.34. The molecule has 0 amide bonds. The fourth-order valence-corrected chi connectivity index (χ4v) is 5.05. The van der Waals surface area contributed by atoms with Crippen molar-refractivity contribution >= 4 is 20.0 Å². The lowest BCUT2D eigenvalue weighted by molar-refractivity contribution is 0.380. The van der Waals surface area contributed by atoms with Crippen molar-refractivity contribution in [2.45, 2.75) is 30.8 Å². The fourth-order valence-electron chi connectivity index (χ4n) is 3.04. The van der Waals surface area contributed by atoms with Gasteiger partial charge in [0.1, 0.15) is 0 Å². The molecule has 0 spiro atoms. The van der Waals surface area contributed by atoms with Gasteiger partial charge in [-0.05, 0) is 42.2 Å². The van der Waals surface area contributed by atoms with Crippen LogP contribution in [0, 0.1) is 0 Å². The highest BCUT2D eigenvalue weighted by atomic mass is 32.2. The predicted octanol–water partition coefficient (Wildman–Crippen LogP) is 2.04. The molecule has 0 saturated carbocycles. The number of fused-ring (bicyclic) bond motifs is 1. The van der Waals surface area contributed by atoms with Crippen LogP contribution in [0.3, 0.4) is 0 Å². The van der Waals surface area contributed by atoms with E-state index in [-0.39, 0.29) is 4.90 Å². The van der Waals surface area contributed by atoms with Gasteiger partial charge in [0, 0.05) is 25.4 Å².